The maximum atomic E-state index is 6.02. The van der Waals surface area contributed by atoms with Gasteiger partial charge in [-0.1, -0.05) is 0 Å². The Morgan fingerprint density at radius 1 is 1.27 bits per heavy atom. The summed E-state index contributed by atoms with van der Waals surface area (Å²) in [6.07, 6.45) is 0. The van der Waals surface area contributed by atoms with E-state index in [2.05, 4.69) is 15.0 Å². The van der Waals surface area contributed by atoms with Crippen LogP contribution in [-0.4, -0.2) is 19.5 Å². The van der Waals surface area contributed by atoms with Gasteiger partial charge in [-0.05, 0) is 32.4 Å². The Morgan fingerprint density at radius 2 is 1.93 bits per heavy atom. The van der Waals surface area contributed by atoms with Gasteiger partial charge in [0.25, 0.3) is 0 Å². The van der Waals surface area contributed by atoms with Crippen molar-refractivity contribution in [1.29, 1.82) is 0 Å². The third-order valence-electron chi connectivity index (χ3n) is 2.15. The van der Waals surface area contributed by atoms with Gasteiger partial charge in [-0.3, -0.25) is 4.57 Å². The number of aryl methyl sites for hydroxylation is 1. The summed E-state index contributed by atoms with van der Waals surface area (Å²) >= 11 is 6.02. The average molecular weight is 226 g/mol. The first-order valence-corrected chi connectivity index (χ1v) is 5.06. The van der Waals surface area contributed by atoms with Gasteiger partial charge in [0.15, 0.2) is 17.0 Å². The number of nitrogens with zero attached hydrogens (tertiary/aromatic N) is 4. The highest BCUT2D eigenvalue weighted by Crippen LogP contribution is 2.25. The van der Waals surface area contributed by atoms with Crippen LogP contribution in [0, 0.1) is 6.92 Å². The Labute approximate surface area is 92.3 Å². The lowest BCUT2D eigenvalue weighted by Crippen LogP contribution is -2.04. The monoisotopic (exact) mass is 225 g/mol. The molecular weight excluding hydrogens is 214 g/mol. The van der Waals surface area contributed by atoms with E-state index in [4.69, 9.17) is 17.3 Å². The van der Waals surface area contributed by atoms with Crippen LogP contribution in [0.4, 0.5) is 5.82 Å². The maximum absolute atomic E-state index is 6.02. The summed E-state index contributed by atoms with van der Waals surface area (Å²) in [6.45, 7) is 5.82. The van der Waals surface area contributed by atoms with Crippen LogP contribution in [0.3, 0.4) is 0 Å². The Kier molecular flexibility index (Phi) is 2.26. The minimum absolute atomic E-state index is 0.191. The Hall–Kier alpha value is -1.36. The zero-order valence-corrected chi connectivity index (χ0v) is 9.58. The van der Waals surface area contributed by atoms with Crippen LogP contribution in [0.1, 0.15) is 25.7 Å². The molecule has 0 saturated carbocycles. The van der Waals surface area contributed by atoms with Crippen molar-refractivity contribution >= 4 is 28.6 Å². The third kappa shape index (κ3) is 1.52. The molecular formula is C9H12ClN5. The summed E-state index contributed by atoms with van der Waals surface area (Å²) in [5.41, 5.74) is 7.02. The van der Waals surface area contributed by atoms with Crippen LogP contribution < -0.4 is 5.73 Å². The van der Waals surface area contributed by atoms with Gasteiger partial charge in [-0.15, -0.1) is 0 Å². The van der Waals surface area contributed by atoms with Crippen molar-refractivity contribution in [1.82, 2.24) is 19.5 Å². The van der Waals surface area contributed by atoms with Crippen molar-refractivity contribution in [3.63, 3.8) is 0 Å². The Morgan fingerprint density at radius 3 is 2.53 bits per heavy atom. The topological polar surface area (TPSA) is 69.6 Å². The molecule has 5 nitrogen and oxygen atoms in total. The van der Waals surface area contributed by atoms with E-state index in [0.717, 1.165) is 0 Å². The lowest BCUT2D eigenvalue weighted by molar-refractivity contribution is 0.613. The lowest BCUT2D eigenvalue weighted by Gasteiger charge is -2.08. The van der Waals surface area contributed by atoms with Crippen molar-refractivity contribution in [3.8, 4) is 0 Å². The van der Waals surface area contributed by atoms with E-state index in [-0.39, 0.29) is 6.04 Å². The number of aromatic nitrogens is 4. The smallest absolute Gasteiger partial charge is 0.205 e. The highest BCUT2D eigenvalue weighted by molar-refractivity contribution is 6.29. The van der Waals surface area contributed by atoms with E-state index in [1.165, 1.54) is 0 Å². The van der Waals surface area contributed by atoms with Crippen molar-refractivity contribution < 1.29 is 0 Å². The van der Waals surface area contributed by atoms with Crippen LogP contribution in [-0.2, 0) is 0 Å². The van der Waals surface area contributed by atoms with Crippen molar-refractivity contribution in [2.45, 2.75) is 26.8 Å². The van der Waals surface area contributed by atoms with Crippen LogP contribution in [0.5, 0.6) is 0 Å². The number of imidazole rings is 1. The summed E-state index contributed by atoms with van der Waals surface area (Å²) in [5, 5.41) is 0.395. The minimum atomic E-state index is 0.191. The second kappa shape index (κ2) is 3.34. The molecule has 0 saturated heterocycles. The summed E-state index contributed by atoms with van der Waals surface area (Å²) in [5.74, 6) is 0.997. The van der Waals surface area contributed by atoms with Crippen LogP contribution in [0.25, 0.3) is 11.2 Å². The van der Waals surface area contributed by atoms with Crippen LogP contribution >= 0.6 is 11.6 Å². The van der Waals surface area contributed by atoms with Crippen molar-refractivity contribution in [2.24, 2.45) is 0 Å². The highest BCUT2D eigenvalue weighted by atomic mass is 35.5. The third-order valence-corrected chi connectivity index (χ3v) is 2.42. The van der Waals surface area contributed by atoms with E-state index < -0.39 is 0 Å². The molecule has 0 fully saturated rings. The minimum Gasteiger partial charge on any atom is -0.382 e. The fourth-order valence-electron chi connectivity index (χ4n) is 1.54. The number of hydrogen-bond donors (Lipinski definition) is 1. The first kappa shape index (κ1) is 10.2. The molecule has 0 aromatic carbocycles. The van der Waals surface area contributed by atoms with E-state index in [1.54, 1.807) is 6.92 Å². The van der Waals surface area contributed by atoms with Gasteiger partial charge in [0, 0.05) is 6.04 Å². The molecule has 2 heterocycles. The fraction of sp³-hybridized carbons (Fsp3) is 0.444. The van der Waals surface area contributed by atoms with E-state index in [0.29, 0.717) is 28.1 Å². The summed E-state index contributed by atoms with van der Waals surface area (Å²) in [6, 6.07) is 0.191. The predicted octanol–water partition coefficient (Wildman–Crippen LogP) is 1.95. The van der Waals surface area contributed by atoms with E-state index in [1.807, 2.05) is 18.4 Å². The molecule has 2 aromatic heterocycles. The predicted molar refractivity (Wildman–Crippen MR) is 59.9 cm³/mol. The molecule has 0 amide bonds. The quantitative estimate of drug-likeness (QED) is 0.754. The Bertz CT molecular complexity index is 517. The summed E-state index contributed by atoms with van der Waals surface area (Å²) in [4.78, 5) is 12.5. The van der Waals surface area contributed by atoms with E-state index in [9.17, 15) is 0 Å². The van der Waals surface area contributed by atoms with Gasteiger partial charge in [-0.2, -0.15) is 0 Å². The fourth-order valence-corrected chi connectivity index (χ4v) is 1.90. The number of rotatable bonds is 1. The molecule has 0 aliphatic carbocycles. The highest BCUT2D eigenvalue weighted by Gasteiger charge is 2.15. The van der Waals surface area contributed by atoms with Gasteiger partial charge in [0.2, 0.25) is 5.28 Å². The van der Waals surface area contributed by atoms with Crippen LogP contribution in [0.2, 0.25) is 5.28 Å². The van der Waals surface area contributed by atoms with Crippen LogP contribution in [0.15, 0.2) is 0 Å². The van der Waals surface area contributed by atoms with Gasteiger partial charge in [-0.25, -0.2) is 15.0 Å². The summed E-state index contributed by atoms with van der Waals surface area (Å²) < 4.78 is 1.84. The SMILES string of the molecule is Cc1nc(N)c2nc(Cl)n(C(C)C)c2n1. The molecule has 2 N–H and O–H groups in total. The number of nitrogen functional groups attached to an aromatic ring is 1. The molecule has 0 unspecified atom stereocenters. The van der Waals surface area contributed by atoms with Crippen molar-refractivity contribution in [2.75, 3.05) is 5.73 Å². The molecule has 6 heteroatoms. The number of fused-ring (bicyclic) bond motifs is 1. The number of halogens is 1. The van der Waals surface area contributed by atoms with Crippen molar-refractivity contribution in [3.05, 3.63) is 11.1 Å². The maximum Gasteiger partial charge on any atom is 0.205 e. The van der Waals surface area contributed by atoms with E-state index >= 15 is 0 Å². The molecule has 0 bridgehead atoms. The molecule has 0 spiro atoms. The number of hydrogen-bond acceptors (Lipinski definition) is 4. The zero-order chi connectivity index (χ0) is 11.2. The van der Waals surface area contributed by atoms with Gasteiger partial charge in [0.1, 0.15) is 5.82 Å². The second-order valence-electron chi connectivity index (χ2n) is 3.67. The molecule has 15 heavy (non-hydrogen) atoms. The first-order valence-electron chi connectivity index (χ1n) is 4.68. The lowest BCUT2D eigenvalue weighted by atomic mass is 10.4. The molecule has 0 aliphatic rings. The molecule has 0 radical (unpaired) electrons. The standard InChI is InChI=1S/C9H12ClN5/c1-4(2)15-8-6(14-9(15)10)7(11)12-5(3)13-8/h4H,1-3H3,(H2,11,12,13). The average Bonchev–Trinajstić information content (AvgIpc) is 2.41. The molecule has 80 valence electrons. The Balaban J connectivity index is 2.86. The number of anilines is 1. The van der Waals surface area contributed by atoms with Gasteiger partial charge < -0.3 is 5.73 Å². The van der Waals surface area contributed by atoms with Gasteiger partial charge in [0.05, 0.1) is 0 Å². The molecule has 0 atom stereocenters. The second-order valence-corrected chi connectivity index (χ2v) is 4.01. The zero-order valence-electron chi connectivity index (χ0n) is 8.82. The molecule has 2 aromatic rings. The number of nitrogens with two attached hydrogens (primary N) is 1. The molecule has 0 aliphatic heterocycles. The summed E-state index contributed by atoms with van der Waals surface area (Å²) in [7, 11) is 0. The largest absolute Gasteiger partial charge is 0.382 e. The first-order chi connectivity index (χ1) is 7.00. The normalized spacial score (nSPS) is 11.5. The van der Waals surface area contributed by atoms with Gasteiger partial charge >= 0.3 is 0 Å². The molecule has 2 rings (SSSR count).